The van der Waals surface area contributed by atoms with Gasteiger partial charge in [-0.2, -0.15) is 0 Å². The number of hydrogen-bond donors (Lipinski definition) is 3. The van der Waals surface area contributed by atoms with Crippen LogP contribution in [0, 0.1) is 6.92 Å². The fourth-order valence-corrected chi connectivity index (χ4v) is 3.86. The van der Waals surface area contributed by atoms with Crippen molar-refractivity contribution < 1.29 is 20.1 Å². The van der Waals surface area contributed by atoms with Crippen LogP contribution in [0.25, 0.3) is 6.08 Å². The Hall–Kier alpha value is -1.72. The van der Waals surface area contributed by atoms with E-state index in [0.717, 1.165) is 18.4 Å². The van der Waals surface area contributed by atoms with Gasteiger partial charge in [0.25, 0.3) is 0 Å². The fourth-order valence-electron chi connectivity index (χ4n) is 3.86. The molecule has 1 saturated heterocycles. The first-order valence-corrected chi connectivity index (χ1v) is 9.96. The number of aliphatic hydroxyl groups excluding tert-OH is 2. The lowest BCUT2D eigenvalue weighted by molar-refractivity contribution is -0.0707. The van der Waals surface area contributed by atoms with Gasteiger partial charge in [-0.05, 0) is 57.7 Å². The summed E-state index contributed by atoms with van der Waals surface area (Å²) >= 11 is 0. The van der Waals surface area contributed by atoms with E-state index >= 15 is 0 Å². The summed E-state index contributed by atoms with van der Waals surface area (Å²) < 4.78 is 6.38. The van der Waals surface area contributed by atoms with Gasteiger partial charge in [0.1, 0.15) is 6.10 Å². The third-order valence-corrected chi connectivity index (χ3v) is 5.90. The highest BCUT2D eigenvalue weighted by Crippen LogP contribution is 2.40. The minimum Gasteiger partial charge on any atom is -0.388 e. The predicted octanol–water partition coefficient (Wildman–Crippen LogP) is 3.70. The Morgan fingerprint density at radius 3 is 2.14 bits per heavy atom. The van der Waals surface area contributed by atoms with E-state index < -0.39 is 23.4 Å². The smallest absolute Gasteiger partial charge is 0.101 e. The number of aliphatic hydroxyl groups is 3. The van der Waals surface area contributed by atoms with Crippen molar-refractivity contribution in [3.63, 3.8) is 0 Å². The zero-order chi connectivity index (χ0) is 20.6. The Balaban J connectivity index is 1.69. The Morgan fingerprint density at radius 2 is 1.54 bits per heavy atom. The lowest BCUT2D eigenvalue weighted by atomic mass is 9.82. The molecule has 0 bridgehead atoms. The molecule has 3 N–H and O–H groups in total. The van der Waals surface area contributed by atoms with E-state index in [4.69, 9.17) is 4.74 Å². The number of hydrogen-bond acceptors (Lipinski definition) is 4. The van der Waals surface area contributed by atoms with Crippen molar-refractivity contribution in [2.75, 3.05) is 0 Å². The molecule has 0 amide bonds. The average Bonchev–Trinajstić information content (AvgIpc) is 2.92. The monoisotopic (exact) mass is 384 g/mol. The van der Waals surface area contributed by atoms with Gasteiger partial charge < -0.3 is 20.1 Å². The molecule has 0 aromatic heterocycles. The van der Waals surface area contributed by atoms with Gasteiger partial charge in [0.05, 0.1) is 22.9 Å². The second-order valence-electron chi connectivity index (χ2n) is 8.99. The van der Waals surface area contributed by atoms with Crippen molar-refractivity contribution in [3.8, 4) is 0 Å². The summed E-state index contributed by atoms with van der Waals surface area (Å²) in [7, 11) is 0. The normalized spacial score (nSPS) is 39.0. The second kappa shape index (κ2) is 7.60. The van der Waals surface area contributed by atoms with Crippen LogP contribution >= 0.6 is 0 Å². The molecule has 1 aromatic rings. The van der Waals surface area contributed by atoms with E-state index in [9.17, 15) is 15.3 Å². The van der Waals surface area contributed by atoms with Crippen LogP contribution < -0.4 is 0 Å². The second-order valence-corrected chi connectivity index (χ2v) is 8.99. The average molecular weight is 385 g/mol. The SMILES string of the molecule is Cc1ccc(/C=C/[C@]2(C)CC[C@](C)(/C=C/C3=C[C@H](O)[C@](C)(O)C[C@@H]3O)O2)cc1. The molecule has 5 atom stereocenters. The zero-order valence-corrected chi connectivity index (χ0v) is 17.2. The molecule has 1 aliphatic heterocycles. The van der Waals surface area contributed by atoms with Gasteiger partial charge >= 0.3 is 0 Å². The topological polar surface area (TPSA) is 69.9 Å². The third kappa shape index (κ3) is 4.81. The molecule has 1 aromatic carbocycles. The Morgan fingerprint density at radius 1 is 0.964 bits per heavy atom. The molecule has 0 unspecified atom stereocenters. The highest BCUT2D eigenvalue weighted by atomic mass is 16.5. The Bertz CT molecular complexity index is 789. The van der Waals surface area contributed by atoms with Crippen LogP contribution in [0.4, 0.5) is 0 Å². The van der Waals surface area contributed by atoms with Crippen LogP contribution in [-0.2, 0) is 4.74 Å². The number of benzene rings is 1. The molecule has 0 spiro atoms. The summed E-state index contributed by atoms with van der Waals surface area (Å²) in [5.74, 6) is 0. The van der Waals surface area contributed by atoms with E-state index in [1.165, 1.54) is 18.6 Å². The number of ether oxygens (including phenoxy) is 1. The van der Waals surface area contributed by atoms with Crippen molar-refractivity contribution in [3.05, 3.63) is 65.3 Å². The third-order valence-electron chi connectivity index (χ3n) is 5.90. The van der Waals surface area contributed by atoms with E-state index in [1.807, 2.05) is 19.1 Å². The molecule has 4 nitrogen and oxygen atoms in total. The van der Waals surface area contributed by atoms with E-state index in [1.54, 1.807) is 0 Å². The summed E-state index contributed by atoms with van der Waals surface area (Å²) in [5, 5.41) is 30.4. The van der Waals surface area contributed by atoms with Crippen LogP contribution in [0.1, 0.15) is 51.2 Å². The molecule has 1 fully saturated rings. The van der Waals surface area contributed by atoms with Gasteiger partial charge in [-0.3, -0.25) is 0 Å². The van der Waals surface area contributed by atoms with Gasteiger partial charge in [0.15, 0.2) is 0 Å². The maximum absolute atomic E-state index is 10.3. The first-order valence-electron chi connectivity index (χ1n) is 9.96. The van der Waals surface area contributed by atoms with E-state index in [0.29, 0.717) is 5.57 Å². The van der Waals surface area contributed by atoms with Crippen molar-refractivity contribution in [1.82, 2.24) is 0 Å². The fraction of sp³-hybridized carbons (Fsp3) is 0.500. The first kappa shape index (κ1) is 21.0. The summed E-state index contributed by atoms with van der Waals surface area (Å²) in [4.78, 5) is 0. The zero-order valence-electron chi connectivity index (χ0n) is 17.2. The van der Waals surface area contributed by atoms with Gasteiger partial charge in [0, 0.05) is 6.42 Å². The Kier molecular flexibility index (Phi) is 5.70. The largest absolute Gasteiger partial charge is 0.388 e. The summed E-state index contributed by atoms with van der Waals surface area (Å²) in [5.41, 5.74) is 0.904. The molecule has 2 aliphatic rings. The molecule has 0 saturated carbocycles. The molecule has 3 rings (SSSR count). The van der Waals surface area contributed by atoms with Crippen molar-refractivity contribution in [1.29, 1.82) is 0 Å². The van der Waals surface area contributed by atoms with Crippen molar-refractivity contribution >= 4 is 6.08 Å². The number of rotatable bonds is 4. The quantitative estimate of drug-likeness (QED) is 0.740. The lowest BCUT2D eigenvalue weighted by Gasteiger charge is -2.35. The van der Waals surface area contributed by atoms with Crippen LogP contribution in [-0.4, -0.2) is 44.3 Å². The molecule has 1 aliphatic carbocycles. The predicted molar refractivity (Wildman–Crippen MR) is 112 cm³/mol. The van der Waals surface area contributed by atoms with Crippen LogP contribution in [0.2, 0.25) is 0 Å². The molecular weight excluding hydrogens is 352 g/mol. The molecule has 1 heterocycles. The molecule has 0 radical (unpaired) electrons. The van der Waals surface area contributed by atoms with Crippen LogP contribution in [0.15, 0.2) is 54.1 Å². The number of aryl methyl sites for hydroxylation is 1. The maximum Gasteiger partial charge on any atom is 0.101 e. The highest BCUT2D eigenvalue weighted by Gasteiger charge is 2.41. The molecule has 4 heteroatoms. The Labute approximate surface area is 167 Å². The summed E-state index contributed by atoms with van der Waals surface area (Å²) in [6.45, 7) is 7.74. The lowest BCUT2D eigenvalue weighted by Crippen LogP contribution is -2.45. The minimum absolute atomic E-state index is 0.110. The highest BCUT2D eigenvalue weighted by molar-refractivity contribution is 5.51. The summed E-state index contributed by atoms with van der Waals surface area (Å²) in [6, 6.07) is 8.39. The van der Waals surface area contributed by atoms with Gasteiger partial charge in [-0.25, -0.2) is 0 Å². The molecule has 152 valence electrons. The summed E-state index contributed by atoms with van der Waals surface area (Å²) in [6.07, 6.45) is 9.60. The van der Waals surface area contributed by atoms with Crippen molar-refractivity contribution in [2.24, 2.45) is 0 Å². The maximum atomic E-state index is 10.3. The molecule has 28 heavy (non-hydrogen) atoms. The van der Waals surface area contributed by atoms with Crippen LogP contribution in [0.5, 0.6) is 0 Å². The van der Waals surface area contributed by atoms with Crippen molar-refractivity contribution in [2.45, 2.75) is 76.0 Å². The van der Waals surface area contributed by atoms with Gasteiger partial charge in [0.2, 0.25) is 0 Å². The van der Waals surface area contributed by atoms with E-state index in [-0.39, 0.29) is 12.0 Å². The van der Waals surface area contributed by atoms with Gasteiger partial charge in [-0.15, -0.1) is 0 Å². The van der Waals surface area contributed by atoms with E-state index in [2.05, 4.69) is 50.3 Å². The standard InChI is InChI=1S/C24H32O4/c1-17-5-7-18(8-6-17)9-11-22(2)13-14-23(3,28-22)12-10-19-15-21(26)24(4,27)16-20(19)25/h5-12,15,20-21,25-27H,13-14,16H2,1-4H3/b11-9+,12-10+/t20-,21-,22+,23-,24+/m0/s1. The van der Waals surface area contributed by atoms with Crippen LogP contribution in [0.3, 0.4) is 0 Å². The first-order chi connectivity index (χ1) is 13.0. The van der Waals surface area contributed by atoms with Gasteiger partial charge in [-0.1, -0.05) is 54.1 Å². The minimum atomic E-state index is -1.30. The molecular formula is C24H32O4.